The average Bonchev–Trinajstić information content (AvgIpc) is 2.29. The van der Waals surface area contributed by atoms with Gasteiger partial charge in [-0.15, -0.1) is 0 Å². The minimum atomic E-state index is -0.454. The number of rotatable bonds is 3. The maximum absolute atomic E-state index is 11.3. The lowest BCUT2D eigenvalue weighted by Crippen LogP contribution is -2.25. The molecule has 1 aliphatic rings. The third-order valence-electron chi connectivity index (χ3n) is 2.88. The molecule has 17 heavy (non-hydrogen) atoms. The minimum absolute atomic E-state index is 0.0318. The second-order valence-electron chi connectivity index (χ2n) is 4.26. The van der Waals surface area contributed by atoms with Crippen LogP contribution in [0, 0.1) is 0 Å². The SMILES string of the molecule is NC(=O)c1ccc(OC2CCCC(=O)C2)cc1. The fraction of sp³-hybridized carbons (Fsp3) is 0.385. The molecule has 4 nitrogen and oxygen atoms in total. The number of benzene rings is 1. The van der Waals surface area contributed by atoms with Crippen LogP contribution >= 0.6 is 0 Å². The first-order valence-electron chi connectivity index (χ1n) is 5.73. The molecule has 1 fully saturated rings. The molecule has 1 aromatic rings. The van der Waals surface area contributed by atoms with Crippen molar-refractivity contribution < 1.29 is 14.3 Å². The van der Waals surface area contributed by atoms with Gasteiger partial charge in [0, 0.05) is 18.4 Å². The van der Waals surface area contributed by atoms with Crippen molar-refractivity contribution in [1.82, 2.24) is 0 Å². The van der Waals surface area contributed by atoms with Gasteiger partial charge in [0.25, 0.3) is 0 Å². The monoisotopic (exact) mass is 233 g/mol. The quantitative estimate of drug-likeness (QED) is 0.863. The van der Waals surface area contributed by atoms with Gasteiger partial charge in [0.2, 0.25) is 5.91 Å². The second kappa shape index (κ2) is 4.99. The van der Waals surface area contributed by atoms with Gasteiger partial charge in [-0.05, 0) is 37.1 Å². The van der Waals surface area contributed by atoms with Crippen LogP contribution in [0.1, 0.15) is 36.0 Å². The first kappa shape index (κ1) is 11.6. The average molecular weight is 233 g/mol. The third kappa shape index (κ3) is 3.06. The number of Topliss-reactive ketones (excluding diaryl/α,β-unsaturated/α-hetero) is 1. The summed E-state index contributed by atoms with van der Waals surface area (Å²) in [4.78, 5) is 22.1. The van der Waals surface area contributed by atoms with Crippen molar-refractivity contribution in [3.63, 3.8) is 0 Å². The molecule has 1 unspecified atom stereocenters. The number of nitrogens with two attached hydrogens (primary N) is 1. The summed E-state index contributed by atoms with van der Waals surface area (Å²) in [5, 5.41) is 0. The molecular weight excluding hydrogens is 218 g/mol. The van der Waals surface area contributed by atoms with E-state index in [0.29, 0.717) is 24.2 Å². The fourth-order valence-electron chi connectivity index (χ4n) is 1.98. The summed E-state index contributed by atoms with van der Waals surface area (Å²) < 4.78 is 5.69. The second-order valence-corrected chi connectivity index (χ2v) is 4.26. The van der Waals surface area contributed by atoms with E-state index in [9.17, 15) is 9.59 Å². The van der Waals surface area contributed by atoms with Gasteiger partial charge in [0.1, 0.15) is 17.6 Å². The zero-order valence-corrected chi connectivity index (χ0v) is 9.52. The summed E-state index contributed by atoms with van der Waals surface area (Å²) in [6.45, 7) is 0. The molecule has 1 atom stereocenters. The maximum Gasteiger partial charge on any atom is 0.248 e. The Morgan fingerprint density at radius 2 is 2.00 bits per heavy atom. The van der Waals surface area contributed by atoms with Gasteiger partial charge in [-0.2, -0.15) is 0 Å². The summed E-state index contributed by atoms with van der Waals surface area (Å²) in [6.07, 6.45) is 2.92. The van der Waals surface area contributed by atoms with Crippen LogP contribution in [0.5, 0.6) is 5.75 Å². The number of carbonyl (C=O) groups is 2. The molecule has 0 bridgehead atoms. The molecule has 1 saturated carbocycles. The molecule has 1 aliphatic carbocycles. The topological polar surface area (TPSA) is 69.4 Å². The van der Waals surface area contributed by atoms with E-state index < -0.39 is 5.91 Å². The van der Waals surface area contributed by atoms with Crippen molar-refractivity contribution in [3.8, 4) is 5.75 Å². The molecule has 90 valence electrons. The van der Waals surface area contributed by atoms with E-state index in [1.807, 2.05) is 0 Å². The Morgan fingerprint density at radius 3 is 2.59 bits per heavy atom. The molecule has 4 heteroatoms. The number of amides is 1. The highest BCUT2D eigenvalue weighted by molar-refractivity contribution is 5.92. The van der Waals surface area contributed by atoms with E-state index >= 15 is 0 Å². The van der Waals surface area contributed by atoms with Gasteiger partial charge in [-0.3, -0.25) is 9.59 Å². The van der Waals surface area contributed by atoms with Crippen molar-refractivity contribution in [2.75, 3.05) is 0 Å². The van der Waals surface area contributed by atoms with E-state index in [4.69, 9.17) is 10.5 Å². The summed E-state index contributed by atoms with van der Waals surface area (Å²) in [5.41, 5.74) is 5.60. The maximum atomic E-state index is 11.3. The van der Waals surface area contributed by atoms with Gasteiger partial charge < -0.3 is 10.5 Å². The molecule has 1 amide bonds. The predicted molar refractivity (Wildman–Crippen MR) is 62.9 cm³/mol. The number of hydrogen-bond donors (Lipinski definition) is 1. The zero-order chi connectivity index (χ0) is 12.3. The van der Waals surface area contributed by atoms with Crippen LogP contribution in [0.25, 0.3) is 0 Å². The largest absolute Gasteiger partial charge is 0.490 e. The molecule has 0 aromatic heterocycles. The minimum Gasteiger partial charge on any atom is -0.490 e. The Balaban J connectivity index is 1.98. The Labute approximate surface area is 99.8 Å². The summed E-state index contributed by atoms with van der Waals surface area (Å²) in [6, 6.07) is 6.67. The van der Waals surface area contributed by atoms with Gasteiger partial charge in [0.15, 0.2) is 0 Å². The van der Waals surface area contributed by atoms with Crippen molar-refractivity contribution in [3.05, 3.63) is 29.8 Å². The Hall–Kier alpha value is -1.84. The van der Waals surface area contributed by atoms with Crippen molar-refractivity contribution in [2.24, 2.45) is 5.73 Å². The van der Waals surface area contributed by atoms with Gasteiger partial charge in [-0.25, -0.2) is 0 Å². The van der Waals surface area contributed by atoms with Crippen molar-refractivity contribution in [1.29, 1.82) is 0 Å². The molecule has 0 spiro atoms. The van der Waals surface area contributed by atoms with Crippen molar-refractivity contribution >= 4 is 11.7 Å². The van der Waals surface area contributed by atoms with Gasteiger partial charge in [0.05, 0.1) is 0 Å². The van der Waals surface area contributed by atoms with E-state index in [-0.39, 0.29) is 11.9 Å². The van der Waals surface area contributed by atoms with Crippen LogP contribution in [-0.2, 0) is 4.79 Å². The highest BCUT2D eigenvalue weighted by atomic mass is 16.5. The zero-order valence-electron chi connectivity index (χ0n) is 9.52. The van der Waals surface area contributed by atoms with Crippen molar-refractivity contribution in [2.45, 2.75) is 31.8 Å². The number of ketones is 1. The highest BCUT2D eigenvalue weighted by Crippen LogP contribution is 2.21. The van der Waals surface area contributed by atoms with E-state index in [2.05, 4.69) is 0 Å². The number of primary amides is 1. The Kier molecular flexibility index (Phi) is 3.42. The van der Waals surface area contributed by atoms with Crippen LogP contribution in [0.3, 0.4) is 0 Å². The fourth-order valence-corrected chi connectivity index (χ4v) is 1.98. The molecule has 2 rings (SSSR count). The van der Waals surface area contributed by atoms with Crippen LogP contribution in [-0.4, -0.2) is 17.8 Å². The number of carbonyl (C=O) groups excluding carboxylic acids is 2. The summed E-state index contributed by atoms with van der Waals surface area (Å²) in [5.74, 6) is 0.481. The molecule has 2 N–H and O–H groups in total. The number of hydrogen-bond acceptors (Lipinski definition) is 3. The summed E-state index contributed by atoms with van der Waals surface area (Å²) in [7, 11) is 0. The molecule has 0 heterocycles. The molecule has 0 saturated heterocycles. The van der Waals surface area contributed by atoms with Crippen LogP contribution < -0.4 is 10.5 Å². The number of ether oxygens (including phenoxy) is 1. The van der Waals surface area contributed by atoms with E-state index in [0.717, 1.165) is 12.8 Å². The first-order valence-corrected chi connectivity index (χ1v) is 5.73. The molecule has 0 radical (unpaired) electrons. The van der Waals surface area contributed by atoms with Crippen LogP contribution in [0.4, 0.5) is 0 Å². The van der Waals surface area contributed by atoms with Crippen LogP contribution in [0.15, 0.2) is 24.3 Å². The normalized spacial score (nSPS) is 20.0. The predicted octanol–water partition coefficient (Wildman–Crippen LogP) is 1.68. The summed E-state index contributed by atoms with van der Waals surface area (Å²) >= 11 is 0. The Bertz CT molecular complexity index is 425. The highest BCUT2D eigenvalue weighted by Gasteiger charge is 2.20. The molecule has 1 aromatic carbocycles. The third-order valence-corrected chi connectivity index (χ3v) is 2.88. The molecular formula is C13H15NO3. The lowest BCUT2D eigenvalue weighted by atomic mass is 9.96. The Morgan fingerprint density at radius 1 is 1.29 bits per heavy atom. The molecule has 0 aliphatic heterocycles. The van der Waals surface area contributed by atoms with E-state index in [1.165, 1.54) is 0 Å². The van der Waals surface area contributed by atoms with Crippen LogP contribution in [0.2, 0.25) is 0 Å². The smallest absolute Gasteiger partial charge is 0.248 e. The lowest BCUT2D eigenvalue weighted by molar-refractivity contribution is -0.122. The van der Waals surface area contributed by atoms with Gasteiger partial charge in [-0.1, -0.05) is 0 Å². The van der Waals surface area contributed by atoms with E-state index in [1.54, 1.807) is 24.3 Å². The standard InChI is InChI=1S/C13H15NO3/c14-13(16)9-4-6-11(7-5-9)17-12-3-1-2-10(15)8-12/h4-7,12H,1-3,8H2,(H2,14,16). The lowest BCUT2D eigenvalue weighted by Gasteiger charge is -2.22. The first-order chi connectivity index (χ1) is 8.15. The van der Waals surface area contributed by atoms with Gasteiger partial charge >= 0.3 is 0 Å².